The fourth-order valence-corrected chi connectivity index (χ4v) is 6.76. The second-order valence-electron chi connectivity index (χ2n) is 9.82. The molecule has 0 radical (unpaired) electrons. The van der Waals surface area contributed by atoms with Crippen molar-refractivity contribution in [2.24, 2.45) is 0 Å². The van der Waals surface area contributed by atoms with Crippen LogP contribution in [-0.4, -0.2) is 41.2 Å². The van der Waals surface area contributed by atoms with Crippen LogP contribution in [0, 0.1) is 0 Å². The highest BCUT2D eigenvalue weighted by molar-refractivity contribution is 7.87. The van der Waals surface area contributed by atoms with E-state index in [9.17, 15) is 23.7 Å². The van der Waals surface area contributed by atoms with Crippen molar-refractivity contribution < 1.29 is 32.7 Å². The first-order chi connectivity index (χ1) is 19.3. The third-order valence-electron chi connectivity index (χ3n) is 7.11. The lowest BCUT2D eigenvalue weighted by Crippen LogP contribution is -2.35. The van der Waals surface area contributed by atoms with E-state index < -0.39 is 27.6 Å². The highest BCUT2D eigenvalue weighted by atomic mass is 32.2. The summed E-state index contributed by atoms with van der Waals surface area (Å²) in [6.45, 7) is 0. The molecular weight excluding hydrogens is 528 g/mol. The van der Waals surface area contributed by atoms with Crippen molar-refractivity contribution in [3.05, 3.63) is 119 Å². The van der Waals surface area contributed by atoms with Crippen molar-refractivity contribution >= 4 is 33.4 Å². The van der Waals surface area contributed by atoms with Gasteiger partial charge in [-0.3, -0.25) is 0 Å². The average Bonchev–Trinajstić information content (AvgIpc) is 3.53. The minimum atomic E-state index is -4.00. The predicted molar refractivity (Wildman–Crippen MR) is 153 cm³/mol. The zero-order valence-electron chi connectivity index (χ0n) is 21.2. The molecule has 0 saturated carbocycles. The third-order valence-corrected chi connectivity index (χ3v) is 8.72. The second-order valence-corrected chi connectivity index (χ2v) is 11.6. The summed E-state index contributed by atoms with van der Waals surface area (Å²) in [6, 6.07) is 27.3. The SMILES string of the molecule is O=S(=O)(Oc1ccccc1)C1CC2OC1C(c1ccc(/C=C/c3cc(O)cc(O)c3)cc1)=C2c1ccc(O)cc1. The zero-order valence-corrected chi connectivity index (χ0v) is 22.0. The zero-order chi connectivity index (χ0) is 27.9. The number of rotatable bonds is 7. The summed E-state index contributed by atoms with van der Waals surface area (Å²) in [5, 5.41) is 28.4. The lowest BCUT2D eigenvalue weighted by Gasteiger charge is -2.24. The summed E-state index contributed by atoms with van der Waals surface area (Å²) in [5.74, 6) is 0.343. The number of aromatic hydroxyl groups is 3. The van der Waals surface area contributed by atoms with E-state index >= 15 is 0 Å². The number of phenols is 3. The summed E-state index contributed by atoms with van der Waals surface area (Å²) < 4.78 is 38.5. The third kappa shape index (κ3) is 5.06. The molecule has 2 aliphatic heterocycles. The molecule has 0 aliphatic carbocycles. The number of para-hydroxylation sites is 1. The Morgan fingerprint density at radius 1 is 0.700 bits per heavy atom. The lowest BCUT2D eigenvalue weighted by molar-refractivity contribution is 0.128. The molecule has 6 rings (SSSR count). The number of ether oxygens (including phenoxy) is 1. The number of phenolic OH excluding ortho intramolecular Hbond substituents is 3. The van der Waals surface area contributed by atoms with Crippen LogP contribution in [0.5, 0.6) is 23.0 Å². The highest BCUT2D eigenvalue weighted by Crippen LogP contribution is 2.51. The van der Waals surface area contributed by atoms with Crippen LogP contribution in [0.4, 0.5) is 0 Å². The van der Waals surface area contributed by atoms with Crippen LogP contribution in [0.2, 0.25) is 0 Å². The number of fused-ring (bicyclic) bond motifs is 2. The smallest absolute Gasteiger partial charge is 0.315 e. The first kappa shape index (κ1) is 25.7. The monoisotopic (exact) mass is 554 g/mol. The molecule has 3 unspecified atom stereocenters. The molecular formula is C32H26O7S. The molecule has 4 aromatic carbocycles. The molecule has 1 fully saturated rings. The molecule has 2 bridgehead atoms. The summed E-state index contributed by atoms with van der Waals surface area (Å²) in [5.41, 5.74) is 4.87. The molecule has 3 N–H and O–H groups in total. The van der Waals surface area contributed by atoms with Gasteiger partial charge < -0.3 is 24.2 Å². The maximum absolute atomic E-state index is 13.4. The topological polar surface area (TPSA) is 113 Å². The van der Waals surface area contributed by atoms with E-state index in [-0.39, 0.29) is 29.4 Å². The standard InChI is InChI=1S/C32H26O7S/c33-24-14-12-22(13-15-24)30-28-19-29(40(36,37)39-27-4-2-1-3-5-27)32(38-28)31(30)23-10-8-20(9-11-23)6-7-21-16-25(34)18-26(35)17-21/h1-18,28-29,32-35H,19H2/b7-6+. The van der Waals surface area contributed by atoms with Crippen molar-refractivity contribution in [1.82, 2.24) is 0 Å². The van der Waals surface area contributed by atoms with Crippen LogP contribution < -0.4 is 4.18 Å². The van der Waals surface area contributed by atoms with Crippen molar-refractivity contribution in [3.8, 4) is 23.0 Å². The quantitative estimate of drug-likeness (QED) is 0.195. The van der Waals surface area contributed by atoms with Crippen LogP contribution in [0.3, 0.4) is 0 Å². The molecule has 40 heavy (non-hydrogen) atoms. The second kappa shape index (κ2) is 10.2. The lowest BCUT2D eigenvalue weighted by atomic mass is 9.83. The molecule has 8 heteroatoms. The van der Waals surface area contributed by atoms with E-state index in [1.165, 1.54) is 6.07 Å². The van der Waals surface area contributed by atoms with Crippen LogP contribution in [0.25, 0.3) is 23.3 Å². The van der Waals surface area contributed by atoms with Gasteiger partial charge in [-0.05, 0) is 69.8 Å². The van der Waals surface area contributed by atoms with Crippen LogP contribution in [-0.2, 0) is 14.9 Å². The fourth-order valence-electron chi connectivity index (χ4n) is 5.35. The summed E-state index contributed by atoms with van der Waals surface area (Å²) in [4.78, 5) is 0. The van der Waals surface area contributed by atoms with Crippen LogP contribution >= 0.6 is 0 Å². The van der Waals surface area contributed by atoms with Gasteiger partial charge in [-0.2, -0.15) is 8.42 Å². The summed E-state index contributed by atoms with van der Waals surface area (Å²) >= 11 is 0. The first-order valence-corrected chi connectivity index (χ1v) is 14.2. The van der Waals surface area contributed by atoms with Gasteiger partial charge in [-0.1, -0.05) is 66.7 Å². The molecule has 7 nitrogen and oxygen atoms in total. The molecule has 4 aromatic rings. The van der Waals surface area contributed by atoms with E-state index in [2.05, 4.69) is 0 Å². The summed E-state index contributed by atoms with van der Waals surface area (Å²) in [6.07, 6.45) is 2.73. The Hall–Kier alpha value is -4.53. The largest absolute Gasteiger partial charge is 0.508 e. The minimum Gasteiger partial charge on any atom is -0.508 e. The molecule has 0 aromatic heterocycles. The Kier molecular flexibility index (Phi) is 6.57. The molecule has 3 atom stereocenters. The maximum Gasteiger partial charge on any atom is 0.315 e. The van der Waals surface area contributed by atoms with Gasteiger partial charge in [0, 0.05) is 12.5 Å². The van der Waals surface area contributed by atoms with Gasteiger partial charge in [0.1, 0.15) is 34.4 Å². The predicted octanol–water partition coefficient (Wildman–Crippen LogP) is 5.83. The van der Waals surface area contributed by atoms with E-state index in [1.807, 2.05) is 30.3 Å². The Bertz CT molecular complexity index is 1690. The maximum atomic E-state index is 13.4. The van der Waals surface area contributed by atoms with Gasteiger partial charge in [0.25, 0.3) is 0 Å². The van der Waals surface area contributed by atoms with E-state index in [4.69, 9.17) is 8.92 Å². The van der Waals surface area contributed by atoms with E-state index in [0.29, 0.717) is 5.56 Å². The van der Waals surface area contributed by atoms with Crippen LogP contribution in [0.15, 0.2) is 97.1 Å². The Morgan fingerprint density at radius 3 is 1.98 bits per heavy atom. The van der Waals surface area contributed by atoms with Gasteiger partial charge in [-0.25, -0.2) is 0 Å². The Morgan fingerprint density at radius 2 is 1.30 bits per heavy atom. The van der Waals surface area contributed by atoms with Crippen molar-refractivity contribution in [3.63, 3.8) is 0 Å². The Labute approximate surface area is 232 Å². The van der Waals surface area contributed by atoms with Crippen LogP contribution in [0.1, 0.15) is 28.7 Å². The molecule has 202 valence electrons. The molecule has 2 heterocycles. The number of hydrogen-bond donors (Lipinski definition) is 3. The molecule has 0 amide bonds. The van der Waals surface area contributed by atoms with Gasteiger partial charge in [-0.15, -0.1) is 0 Å². The van der Waals surface area contributed by atoms with E-state index in [0.717, 1.165) is 27.8 Å². The number of hydrogen-bond acceptors (Lipinski definition) is 7. The van der Waals surface area contributed by atoms with Gasteiger partial charge >= 0.3 is 10.1 Å². The van der Waals surface area contributed by atoms with Crippen molar-refractivity contribution in [1.29, 1.82) is 0 Å². The summed E-state index contributed by atoms with van der Waals surface area (Å²) in [7, 11) is -4.00. The van der Waals surface area contributed by atoms with Crippen molar-refractivity contribution in [2.75, 3.05) is 0 Å². The van der Waals surface area contributed by atoms with Crippen molar-refractivity contribution in [2.45, 2.75) is 23.9 Å². The van der Waals surface area contributed by atoms with Gasteiger partial charge in [0.2, 0.25) is 0 Å². The highest BCUT2D eigenvalue weighted by Gasteiger charge is 2.53. The van der Waals surface area contributed by atoms with E-state index in [1.54, 1.807) is 72.8 Å². The van der Waals surface area contributed by atoms with Gasteiger partial charge in [0.15, 0.2) is 0 Å². The molecule has 1 saturated heterocycles. The molecule has 0 spiro atoms. The van der Waals surface area contributed by atoms with Gasteiger partial charge in [0.05, 0.1) is 6.10 Å². The molecule has 2 aliphatic rings. The fraction of sp³-hybridized carbons (Fsp3) is 0.125. The Balaban J connectivity index is 1.35. The normalized spacial score (nSPS) is 20.4. The average molecular weight is 555 g/mol. The first-order valence-electron chi connectivity index (χ1n) is 12.8. The number of benzene rings is 4. The minimum absolute atomic E-state index is 0.0271.